The van der Waals surface area contributed by atoms with Gasteiger partial charge in [-0.1, -0.05) is 49.1 Å². The lowest BCUT2D eigenvalue weighted by Gasteiger charge is -2.22. The van der Waals surface area contributed by atoms with Crippen molar-refractivity contribution in [3.63, 3.8) is 0 Å². The Hall–Kier alpha value is -1.91. The smallest absolute Gasteiger partial charge is 0.138 e. The number of hydrogen-bond donors (Lipinski definition) is 2. The first-order valence-electron chi connectivity index (χ1n) is 10.3. The van der Waals surface area contributed by atoms with Gasteiger partial charge in [0, 0.05) is 13.0 Å². The average molecular weight is 420 g/mol. The zero-order valence-electron chi connectivity index (χ0n) is 17.9. The molecule has 0 atom stereocenters. The van der Waals surface area contributed by atoms with E-state index in [1.165, 1.54) is 19.3 Å². The summed E-state index contributed by atoms with van der Waals surface area (Å²) in [5.41, 5.74) is 10.8. The number of aliphatic hydroxyl groups is 1. The molecule has 0 bridgehead atoms. The SMILES string of the molecule is C=C(/C=C\C(O)=C(/N)C1CCCCC1)Cc1c(C)cc(OCCOC)c(Cl)c1C. The van der Waals surface area contributed by atoms with Crippen molar-refractivity contribution in [1.29, 1.82) is 0 Å². The van der Waals surface area contributed by atoms with Crippen LogP contribution >= 0.6 is 11.6 Å². The van der Waals surface area contributed by atoms with Crippen LogP contribution in [0.2, 0.25) is 5.02 Å². The largest absolute Gasteiger partial charge is 0.506 e. The number of methoxy groups -OCH3 is 1. The Kier molecular flexibility index (Phi) is 9.12. The molecule has 1 aromatic rings. The molecule has 0 unspecified atom stereocenters. The van der Waals surface area contributed by atoms with Crippen molar-refractivity contribution in [1.82, 2.24) is 0 Å². The van der Waals surface area contributed by atoms with E-state index < -0.39 is 0 Å². The summed E-state index contributed by atoms with van der Waals surface area (Å²) in [7, 11) is 1.64. The van der Waals surface area contributed by atoms with E-state index in [0.29, 0.717) is 36.1 Å². The van der Waals surface area contributed by atoms with Crippen LogP contribution in [0.1, 0.15) is 48.8 Å². The van der Waals surface area contributed by atoms with Gasteiger partial charge in [0.15, 0.2) is 0 Å². The van der Waals surface area contributed by atoms with E-state index >= 15 is 0 Å². The molecule has 1 aromatic carbocycles. The molecule has 1 fully saturated rings. The lowest BCUT2D eigenvalue weighted by molar-refractivity contribution is 0.146. The van der Waals surface area contributed by atoms with Crippen molar-refractivity contribution >= 4 is 11.6 Å². The quantitative estimate of drug-likeness (QED) is 0.295. The van der Waals surface area contributed by atoms with Crippen molar-refractivity contribution in [3.8, 4) is 5.75 Å². The Morgan fingerprint density at radius 1 is 1.24 bits per heavy atom. The first-order chi connectivity index (χ1) is 13.8. The van der Waals surface area contributed by atoms with Gasteiger partial charge in [0.25, 0.3) is 0 Å². The highest BCUT2D eigenvalue weighted by Crippen LogP contribution is 2.34. The molecule has 0 amide bonds. The fourth-order valence-electron chi connectivity index (χ4n) is 3.77. The predicted molar refractivity (Wildman–Crippen MR) is 121 cm³/mol. The van der Waals surface area contributed by atoms with E-state index in [1.807, 2.05) is 26.0 Å². The molecule has 1 aliphatic carbocycles. The third-order valence-electron chi connectivity index (χ3n) is 5.59. The van der Waals surface area contributed by atoms with Gasteiger partial charge in [0.1, 0.15) is 18.1 Å². The summed E-state index contributed by atoms with van der Waals surface area (Å²) in [5.74, 6) is 1.12. The number of nitrogens with two attached hydrogens (primary N) is 1. The number of benzene rings is 1. The molecule has 5 heteroatoms. The maximum absolute atomic E-state index is 10.4. The monoisotopic (exact) mass is 419 g/mol. The van der Waals surface area contributed by atoms with Gasteiger partial charge in [-0.05, 0) is 61.9 Å². The molecule has 0 aromatic heterocycles. The van der Waals surface area contributed by atoms with Gasteiger partial charge in [0.2, 0.25) is 0 Å². The van der Waals surface area contributed by atoms with Gasteiger partial charge < -0.3 is 20.3 Å². The first kappa shape index (κ1) is 23.4. The molecule has 0 spiro atoms. The van der Waals surface area contributed by atoms with Crippen LogP contribution in [0.3, 0.4) is 0 Å². The van der Waals surface area contributed by atoms with E-state index in [9.17, 15) is 5.11 Å². The second kappa shape index (κ2) is 11.3. The number of rotatable bonds is 9. The highest BCUT2D eigenvalue weighted by Gasteiger charge is 2.18. The normalized spacial score (nSPS) is 16.1. The van der Waals surface area contributed by atoms with Crippen molar-refractivity contribution in [2.75, 3.05) is 20.3 Å². The maximum atomic E-state index is 10.4. The summed E-state index contributed by atoms with van der Waals surface area (Å²) in [4.78, 5) is 0. The highest BCUT2D eigenvalue weighted by molar-refractivity contribution is 6.33. The van der Waals surface area contributed by atoms with E-state index in [-0.39, 0.29) is 11.7 Å². The fraction of sp³-hybridized carbons (Fsp3) is 0.500. The maximum Gasteiger partial charge on any atom is 0.138 e. The standard InChI is InChI=1S/C24H34ClNO3/c1-16(10-11-21(27)24(26)19-8-6-5-7-9-19)14-20-17(2)15-22(23(25)18(20)3)29-13-12-28-4/h10-11,15,19,27H,1,5-9,12-14,26H2,2-4H3/b11-10-,24-21+. The summed E-state index contributed by atoms with van der Waals surface area (Å²) in [6, 6.07) is 1.95. The number of aryl methyl sites for hydroxylation is 1. The van der Waals surface area contributed by atoms with Crippen LogP contribution in [0.15, 0.2) is 41.8 Å². The van der Waals surface area contributed by atoms with E-state index in [4.69, 9.17) is 26.8 Å². The third-order valence-corrected chi connectivity index (χ3v) is 6.06. The Morgan fingerprint density at radius 3 is 2.59 bits per heavy atom. The second-order valence-corrected chi connectivity index (χ2v) is 8.17. The number of aliphatic hydroxyl groups excluding tert-OH is 1. The first-order valence-corrected chi connectivity index (χ1v) is 10.7. The molecule has 160 valence electrons. The van der Waals surface area contributed by atoms with Gasteiger partial charge in [-0.3, -0.25) is 0 Å². The summed E-state index contributed by atoms with van der Waals surface area (Å²) in [6.07, 6.45) is 9.87. The Bertz CT molecular complexity index is 777. The van der Waals surface area contributed by atoms with Gasteiger partial charge >= 0.3 is 0 Å². The molecule has 29 heavy (non-hydrogen) atoms. The van der Waals surface area contributed by atoms with Crippen molar-refractivity contribution in [2.24, 2.45) is 11.7 Å². The number of hydrogen-bond acceptors (Lipinski definition) is 4. The van der Waals surface area contributed by atoms with Crippen LogP contribution in [0, 0.1) is 19.8 Å². The Balaban J connectivity index is 2.07. The van der Waals surface area contributed by atoms with Gasteiger partial charge in [-0.25, -0.2) is 0 Å². The molecule has 1 saturated carbocycles. The minimum absolute atomic E-state index is 0.159. The van der Waals surface area contributed by atoms with E-state index in [2.05, 4.69) is 6.58 Å². The van der Waals surface area contributed by atoms with Crippen molar-refractivity contribution in [3.05, 3.63) is 63.5 Å². The summed E-state index contributed by atoms with van der Waals surface area (Å²) in [6.45, 7) is 9.13. The number of ether oxygens (including phenoxy) is 2. The van der Waals surface area contributed by atoms with Gasteiger partial charge in [-0.2, -0.15) is 0 Å². The van der Waals surface area contributed by atoms with Crippen LogP contribution < -0.4 is 10.5 Å². The fourth-order valence-corrected chi connectivity index (χ4v) is 4.00. The summed E-state index contributed by atoms with van der Waals surface area (Å²) >= 11 is 6.51. The molecular weight excluding hydrogens is 386 g/mol. The molecule has 0 aliphatic heterocycles. The van der Waals surface area contributed by atoms with Crippen LogP contribution in [-0.2, 0) is 11.2 Å². The van der Waals surface area contributed by atoms with Crippen LogP contribution in [0.5, 0.6) is 5.75 Å². The molecule has 0 heterocycles. The molecule has 3 N–H and O–H groups in total. The lowest BCUT2D eigenvalue weighted by Crippen LogP contribution is -2.17. The predicted octanol–water partition coefficient (Wildman–Crippen LogP) is 5.95. The zero-order chi connectivity index (χ0) is 21.4. The second-order valence-electron chi connectivity index (χ2n) is 7.79. The third kappa shape index (κ3) is 6.55. The summed E-state index contributed by atoms with van der Waals surface area (Å²) < 4.78 is 10.7. The van der Waals surface area contributed by atoms with Crippen molar-refractivity contribution < 1.29 is 14.6 Å². The Labute approximate surface area is 180 Å². The van der Waals surface area contributed by atoms with Crippen LogP contribution in [0.25, 0.3) is 0 Å². The minimum atomic E-state index is 0.159. The number of halogens is 1. The molecule has 0 saturated heterocycles. The van der Waals surface area contributed by atoms with E-state index in [0.717, 1.165) is 35.1 Å². The van der Waals surface area contributed by atoms with Gasteiger partial charge in [-0.15, -0.1) is 0 Å². The molecule has 2 rings (SSSR count). The van der Waals surface area contributed by atoms with Crippen LogP contribution in [0.4, 0.5) is 0 Å². The lowest BCUT2D eigenvalue weighted by atomic mass is 9.86. The van der Waals surface area contributed by atoms with Gasteiger partial charge in [0.05, 0.1) is 17.3 Å². The molecule has 4 nitrogen and oxygen atoms in total. The summed E-state index contributed by atoms with van der Waals surface area (Å²) in [5, 5.41) is 11.0. The molecule has 0 radical (unpaired) electrons. The minimum Gasteiger partial charge on any atom is -0.506 e. The topological polar surface area (TPSA) is 64.7 Å². The molecular formula is C24H34ClNO3. The van der Waals surface area contributed by atoms with Crippen molar-refractivity contribution in [2.45, 2.75) is 52.4 Å². The number of allylic oxidation sites excluding steroid dienone is 4. The van der Waals surface area contributed by atoms with Crippen LogP contribution in [-0.4, -0.2) is 25.4 Å². The average Bonchev–Trinajstić information content (AvgIpc) is 2.73. The van der Waals surface area contributed by atoms with E-state index in [1.54, 1.807) is 13.2 Å². The Morgan fingerprint density at radius 2 is 1.93 bits per heavy atom. The molecule has 1 aliphatic rings. The zero-order valence-corrected chi connectivity index (χ0v) is 18.6. The highest BCUT2D eigenvalue weighted by atomic mass is 35.5.